The first kappa shape index (κ1) is 18.6. The number of hydrogen-bond donors (Lipinski definition) is 3. The Labute approximate surface area is 162 Å². The lowest BCUT2D eigenvalue weighted by Gasteiger charge is -2.30. The highest BCUT2D eigenvalue weighted by atomic mass is 16.3. The van der Waals surface area contributed by atoms with Gasteiger partial charge in [0.25, 0.3) is 5.56 Å². The maximum atomic E-state index is 13.4. The second-order valence-electron chi connectivity index (χ2n) is 7.19. The molecule has 1 atom stereocenters. The molecule has 0 aliphatic heterocycles. The zero-order valence-electron chi connectivity index (χ0n) is 15.6. The monoisotopic (exact) mass is 377 g/mol. The Morgan fingerprint density at radius 3 is 2.39 bits per heavy atom. The van der Waals surface area contributed by atoms with Crippen molar-refractivity contribution >= 4 is 10.8 Å². The van der Waals surface area contributed by atoms with Crippen LogP contribution < -0.4 is 5.56 Å². The summed E-state index contributed by atoms with van der Waals surface area (Å²) in [5.74, 6) is -0.157. The van der Waals surface area contributed by atoms with Crippen molar-refractivity contribution in [2.24, 2.45) is 0 Å². The maximum absolute atomic E-state index is 13.4. The predicted molar refractivity (Wildman–Crippen MR) is 109 cm³/mol. The van der Waals surface area contributed by atoms with E-state index in [1.807, 2.05) is 24.3 Å². The van der Waals surface area contributed by atoms with Gasteiger partial charge >= 0.3 is 0 Å². The van der Waals surface area contributed by atoms with Crippen LogP contribution in [0.4, 0.5) is 0 Å². The van der Waals surface area contributed by atoms with Gasteiger partial charge in [0, 0.05) is 23.4 Å². The van der Waals surface area contributed by atoms with Crippen molar-refractivity contribution in [3.8, 4) is 11.3 Å². The summed E-state index contributed by atoms with van der Waals surface area (Å²) in [4.78, 5) is 13.4. The molecule has 3 aromatic rings. The minimum atomic E-state index is -0.254. The molecule has 4 rings (SSSR count). The quantitative estimate of drug-likeness (QED) is 0.597. The van der Waals surface area contributed by atoms with E-state index in [1.54, 1.807) is 22.8 Å². The molecule has 2 aromatic carbocycles. The van der Waals surface area contributed by atoms with Crippen molar-refractivity contribution in [1.82, 2.24) is 4.57 Å². The average molecular weight is 377 g/mol. The van der Waals surface area contributed by atoms with Gasteiger partial charge < -0.3 is 19.9 Å². The first-order valence-corrected chi connectivity index (χ1v) is 9.38. The standard InChI is InChI=1S/C23H23NO4/c1-2-7-24-22-18-6-4-3-5-14(18)8-17(13-27)21(22)19-9-15(11-25)16(12-26)10-20(19)23(24)28/h2-6,9-10,17,25-27H,1,7-8,11-13H2. The molecule has 0 spiro atoms. The van der Waals surface area contributed by atoms with Crippen LogP contribution in [0.15, 0.2) is 53.8 Å². The smallest absolute Gasteiger partial charge is 0.259 e. The van der Waals surface area contributed by atoms with Gasteiger partial charge in [0.1, 0.15) is 0 Å². The van der Waals surface area contributed by atoms with Crippen LogP contribution in [-0.2, 0) is 26.2 Å². The molecule has 0 bridgehead atoms. The normalized spacial score (nSPS) is 15.3. The van der Waals surface area contributed by atoms with E-state index in [4.69, 9.17) is 0 Å². The number of nitrogens with zero attached hydrogens (tertiary/aromatic N) is 1. The van der Waals surface area contributed by atoms with E-state index in [1.165, 1.54) is 0 Å². The summed E-state index contributed by atoms with van der Waals surface area (Å²) >= 11 is 0. The second-order valence-corrected chi connectivity index (χ2v) is 7.19. The Kier molecular flexibility index (Phi) is 4.89. The van der Waals surface area contributed by atoms with Gasteiger partial charge in [-0.25, -0.2) is 0 Å². The van der Waals surface area contributed by atoms with E-state index < -0.39 is 0 Å². The molecule has 3 N–H and O–H groups in total. The molecular formula is C23H23NO4. The number of hydrogen-bond acceptors (Lipinski definition) is 4. The fraction of sp³-hybridized carbons (Fsp3) is 0.261. The minimum absolute atomic E-state index is 0.0427. The van der Waals surface area contributed by atoms with E-state index in [0.717, 1.165) is 27.8 Å². The number of pyridine rings is 1. The number of aliphatic hydroxyl groups is 3. The lowest BCUT2D eigenvalue weighted by molar-refractivity contribution is 0.260. The molecule has 5 heteroatoms. The molecule has 5 nitrogen and oxygen atoms in total. The molecule has 1 heterocycles. The highest BCUT2D eigenvalue weighted by Gasteiger charge is 2.30. The summed E-state index contributed by atoms with van der Waals surface area (Å²) in [6.45, 7) is 3.63. The van der Waals surface area contributed by atoms with Gasteiger partial charge in [0.05, 0.1) is 25.5 Å². The molecule has 1 aliphatic rings. The molecule has 1 unspecified atom stereocenters. The van der Waals surface area contributed by atoms with Crippen molar-refractivity contribution in [2.45, 2.75) is 32.1 Å². The third-order valence-electron chi connectivity index (χ3n) is 5.65. The van der Waals surface area contributed by atoms with Crippen molar-refractivity contribution < 1.29 is 15.3 Å². The summed E-state index contributed by atoms with van der Waals surface area (Å²) < 4.78 is 1.70. The van der Waals surface area contributed by atoms with Crippen LogP contribution in [-0.4, -0.2) is 26.5 Å². The summed E-state index contributed by atoms with van der Waals surface area (Å²) in [7, 11) is 0. The molecule has 0 saturated carbocycles. The lowest BCUT2D eigenvalue weighted by atomic mass is 9.78. The van der Waals surface area contributed by atoms with Crippen molar-refractivity contribution in [3.63, 3.8) is 0 Å². The molecular weight excluding hydrogens is 354 g/mol. The van der Waals surface area contributed by atoms with Crippen molar-refractivity contribution in [3.05, 3.63) is 81.7 Å². The van der Waals surface area contributed by atoms with Crippen LogP contribution >= 0.6 is 0 Å². The first-order chi connectivity index (χ1) is 13.6. The van der Waals surface area contributed by atoms with Gasteiger partial charge in [-0.1, -0.05) is 30.3 Å². The van der Waals surface area contributed by atoms with Gasteiger partial charge in [0.2, 0.25) is 0 Å². The number of aliphatic hydroxyl groups excluding tert-OH is 3. The van der Waals surface area contributed by atoms with E-state index in [9.17, 15) is 20.1 Å². The first-order valence-electron chi connectivity index (χ1n) is 9.38. The van der Waals surface area contributed by atoms with Crippen LogP contribution in [0.1, 0.15) is 28.2 Å². The Morgan fingerprint density at radius 2 is 1.75 bits per heavy atom. The molecule has 1 aromatic heterocycles. The summed E-state index contributed by atoms with van der Waals surface area (Å²) in [6, 6.07) is 11.4. The topological polar surface area (TPSA) is 82.7 Å². The second kappa shape index (κ2) is 7.36. The van der Waals surface area contributed by atoms with Crippen LogP contribution in [0.5, 0.6) is 0 Å². The lowest BCUT2D eigenvalue weighted by Crippen LogP contribution is -2.28. The molecule has 0 amide bonds. The maximum Gasteiger partial charge on any atom is 0.259 e. The van der Waals surface area contributed by atoms with Crippen LogP contribution in [0.25, 0.3) is 22.0 Å². The van der Waals surface area contributed by atoms with E-state index in [2.05, 4.69) is 6.58 Å². The molecule has 28 heavy (non-hydrogen) atoms. The van der Waals surface area contributed by atoms with Crippen LogP contribution in [0, 0.1) is 0 Å². The molecule has 0 saturated heterocycles. The Bertz CT molecular complexity index is 1130. The Balaban J connectivity index is 2.21. The van der Waals surface area contributed by atoms with E-state index >= 15 is 0 Å². The summed E-state index contributed by atoms with van der Waals surface area (Å²) in [6.07, 6.45) is 2.37. The molecule has 0 fully saturated rings. The van der Waals surface area contributed by atoms with Gasteiger partial charge in [-0.3, -0.25) is 4.79 Å². The number of benzene rings is 2. The third-order valence-corrected chi connectivity index (χ3v) is 5.65. The Morgan fingerprint density at radius 1 is 1.07 bits per heavy atom. The third kappa shape index (κ3) is 2.71. The highest BCUT2D eigenvalue weighted by molar-refractivity contribution is 5.93. The molecule has 144 valence electrons. The Hall–Kier alpha value is -2.73. The minimum Gasteiger partial charge on any atom is -0.396 e. The number of rotatable bonds is 5. The fourth-order valence-electron chi connectivity index (χ4n) is 4.36. The fourth-order valence-corrected chi connectivity index (χ4v) is 4.36. The highest BCUT2D eigenvalue weighted by Crippen LogP contribution is 2.42. The zero-order chi connectivity index (χ0) is 19.8. The van der Waals surface area contributed by atoms with E-state index in [0.29, 0.717) is 29.5 Å². The zero-order valence-corrected chi connectivity index (χ0v) is 15.6. The van der Waals surface area contributed by atoms with Crippen molar-refractivity contribution in [1.29, 1.82) is 0 Å². The van der Waals surface area contributed by atoms with Crippen LogP contribution in [0.2, 0.25) is 0 Å². The number of aromatic nitrogens is 1. The van der Waals surface area contributed by atoms with Gasteiger partial charge in [-0.05, 0) is 46.2 Å². The van der Waals surface area contributed by atoms with Gasteiger partial charge in [-0.15, -0.1) is 6.58 Å². The summed E-state index contributed by atoms with van der Waals surface area (Å²) in [5, 5.41) is 30.8. The van der Waals surface area contributed by atoms with Gasteiger partial charge in [0.15, 0.2) is 0 Å². The van der Waals surface area contributed by atoms with Gasteiger partial charge in [-0.2, -0.15) is 0 Å². The average Bonchev–Trinajstić information content (AvgIpc) is 2.74. The predicted octanol–water partition coefficient (Wildman–Crippen LogP) is 2.47. The van der Waals surface area contributed by atoms with Crippen molar-refractivity contribution in [2.75, 3.05) is 6.61 Å². The summed E-state index contributed by atoms with van der Waals surface area (Å²) in [5.41, 5.74) is 4.76. The largest absolute Gasteiger partial charge is 0.396 e. The SMILES string of the molecule is C=CCn1c2c(c3cc(CO)c(CO)cc3c1=O)C(CO)Cc1ccccc1-2. The number of fused-ring (bicyclic) bond motifs is 5. The van der Waals surface area contributed by atoms with E-state index in [-0.39, 0.29) is 31.3 Å². The molecule has 0 radical (unpaired) electrons. The van der Waals surface area contributed by atoms with Crippen LogP contribution in [0.3, 0.4) is 0 Å². The number of allylic oxidation sites excluding steroid dienone is 1. The molecule has 1 aliphatic carbocycles.